The Morgan fingerprint density at radius 2 is 1.61 bits per heavy atom. The molecule has 0 aliphatic heterocycles. The van der Waals surface area contributed by atoms with Gasteiger partial charge < -0.3 is 48.3 Å². The summed E-state index contributed by atoms with van der Waals surface area (Å²) in [6, 6.07) is -5.16. The van der Waals surface area contributed by atoms with Crippen molar-refractivity contribution in [1.29, 1.82) is 0 Å². The number of hydrogen-bond acceptors (Lipinski definition) is 8. The smallest absolute Gasteiger partial charge is 0.326 e. The summed E-state index contributed by atoms with van der Waals surface area (Å²) in [5.41, 5.74) is 16.8. The lowest BCUT2D eigenvalue weighted by molar-refractivity contribution is -0.143. The van der Waals surface area contributed by atoms with Crippen LogP contribution in [0.2, 0.25) is 0 Å². The van der Waals surface area contributed by atoms with Crippen molar-refractivity contribution in [3.05, 3.63) is 18.2 Å². The highest BCUT2D eigenvalue weighted by Gasteiger charge is 2.32. The van der Waals surface area contributed by atoms with Gasteiger partial charge in [0, 0.05) is 24.9 Å². The number of guanidine groups is 1. The van der Waals surface area contributed by atoms with Crippen LogP contribution in [-0.4, -0.2) is 86.5 Å². The Morgan fingerprint density at radius 3 is 2.13 bits per heavy atom. The zero-order valence-electron chi connectivity index (χ0n) is 21.3. The molecule has 3 amide bonds. The molecule has 1 rings (SSSR count). The Hall–Kier alpha value is -4.21. The van der Waals surface area contributed by atoms with Crippen LogP contribution in [0.3, 0.4) is 0 Å². The normalized spacial score (nSPS) is 14.0. The number of rotatable bonds is 17. The van der Waals surface area contributed by atoms with E-state index in [4.69, 9.17) is 17.2 Å². The lowest BCUT2D eigenvalue weighted by atomic mass is 10.0. The summed E-state index contributed by atoms with van der Waals surface area (Å²) in [4.78, 5) is 71.9. The summed E-state index contributed by atoms with van der Waals surface area (Å²) in [6.07, 6.45) is 2.39. The molecule has 0 saturated carbocycles. The first-order valence-corrected chi connectivity index (χ1v) is 11.9. The largest absolute Gasteiger partial charge is 0.481 e. The number of carboxylic acids is 2. The number of aliphatic imine (C=N–C) groups is 1. The molecule has 212 valence electrons. The van der Waals surface area contributed by atoms with Crippen LogP contribution in [0.25, 0.3) is 0 Å². The molecule has 0 spiro atoms. The molecule has 0 bridgehead atoms. The lowest BCUT2D eigenvalue weighted by Crippen LogP contribution is -2.58. The molecule has 4 unspecified atom stereocenters. The van der Waals surface area contributed by atoms with E-state index in [1.54, 1.807) is 0 Å². The van der Waals surface area contributed by atoms with E-state index in [9.17, 15) is 34.2 Å². The quantitative estimate of drug-likeness (QED) is 0.0561. The van der Waals surface area contributed by atoms with Gasteiger partial charge in [0.2, 0.25) is 17.7 Å². The molecule has 38 heavy (non-hydrogen) atoms. The van der Waals surface area contributed by atoms with E-state index in [1.807, 2.05) is 13.8 Å². The van der Waals surface area contributed by atoms with Crippen LogP contribution in [0.1, 0.15) is 45.2 Å². The maximum atomic E-state index is 13.0. The molecule has 0 aliphatic carbocycles. The van der Waals surface area contributed by atoms with Crippen molar-refractivity contribution in [3.8, 4) is 0 Å². The summed E-state index contributed by atoms with van der Waals surface area (Å²) in [5, 5.41) is 25.9. The molecule has 12 N–H and O–H groups in total. The highest BCUT2D eigenvalue weighted by Crippen LogP contribution is 2.06. The number of carbonyl (C=O) groups is 5. The van der Waals surface area contributed by atoms with Crippen molar-refractivity contribution in [1.82, 2.24) is 25.9 Å². The molecule has 1 aromatic rings. The van der Waals surface area contributed by atoms with Crippen LogP contribution < -0.4 is 33.2 Å². The number of aromatic nitrogens is 2. The van der Waals surface area contributed by atoms with Gasteiger partial charge in [0.1, 0.15) is 18.1 Å². The fraction of sp³-hybridized carbons (Fsp3) is 0.591. The maximum Gasteiger partial charge on any atom is 0.326 e. The van der Waals surface area contributed by atoms with Gasteiger partial charge in [-0.3, -0.25) is 24.2 Å². The number of amides is 3. The third-order valence-electron chi connectivity index (χ3n) is 5.25. The fourth-order valence-corrected chi connectivity index (χ4v) is 3.41. The third kappa shape index (κ3) is 12.2. The standard InChI is InChI=1S/C22H37N9O7/c1-11(2)6-13(23)18(34)30-16(8-17(32)33)20(36)31-15(7-12-9-26-10-28-12)19(35)29-14(21(37)38)4-3-5-27-22(24)25/h9-11,13-16H,3-8,23H2,1-2H3,(H,26,28)(H,29,35)(H,30,34)(H,31,36)(H,32,33)(H,37,38)(H4,24,25,27). The number of aromatic amines is 1. The van der Waals surface area contributed by atoms with Gasteiger partial charge in [-0.15, -0.1) is 0 Å². The monoisotopic (exact) mass is 539 g/mol. The molecular weight excluding hydrogens is 502 g/mol. The SMILES string of the molecule is CC(C)CC(N)C(=O)NC(CC(=O)O)C(=O)NC(Cc1cnc[nH]1)C(=O)NC(CCCN=C(N)N)C(=O)O. The fourth-order valence-electron chi connectivity index (χ4n) is 3.41. The first-order valence-electron chi connectivity index (χ1n) is 11.9. The van der Waals surface area contributed by atoms with E-state index in [0.29, 0.717) is 12.1 Å². The summed E-state index contributed by atoms with van der Waals surface area (Å²) in [6.45, 7) is 3.84. The summed E-state index contributed by atoms with van der Waals surface area (Å²) < 4.78 is 0. The zero-order valence-corrected chi connectivity index (χ0v) is 21.3. The van der Waals surface area contributed by atoms with Gasteiger partial charge in [-0.25, -0.2) is 9.78 Å². The Bertz CT molecular complexity index is 978. The summed E-state index contributed by atoms with van der Waals surface area (Å²) in [5.74, 6) is -5.30. The number of carbonyl (C=O) groups excluding carboxylic acids is 3. The Morgan fingerprint density at radius 1 is 1.00 bits per heavy atom. The predicted octanol–water partition coefficient (Wildman–Crippen LogP) is -2.61. The summed E-state index contributed by atoms with van der Waals surface area (Å²) in [7, 11) is 0. The number of imidazole rings is 1. The second-order valence-corrected chi connectivity index (χ2v) is 9.09. The van der Waals surface area contributed by atoms with Crippen LogP contribution in [-0.2, 0) is 30.4 Å². The number of nitrogens with zero attached hydrogens (tertiary/aromatic N) is 2. The lowest BCUT2D eigenvalue weighted by Gasteiger charge is -2.24. The van der Waals surface area contributed by atoms with Crippen LogP contribution in [0.15, 0.2) is 17.5 Å². The van der Waals surface area contributed by atoms with Gasteiger partial charge in [0.05, 0.1) is 18.8 Å². The molecular formula is C22H37N9O7. The van der Waals surface area contributed by atoms with E-state index in [1.165, 1.54) is 12.5 Å². The number of carboxylic acid groups (broad SMARTS) is 2. The van der Waals surface area contributed by atoms with Crippen molar-refractivity contribution in [3.63, 3.8) is 0 Å². The van der Waals surface area contributed by atoms with Gasteiger partial charge in [-0.1, -0.05) is 13.8 Å². The molecule has 1 heterocycles. The molecule has 16 heteroatoms. The Balaban J connectivity index is 3.04. The highest BCUT2D eigenvalue weighted by atomic mass is 16.4. The minimum atomic E-state index is -1.54. The van der Waals surface area contributed by atoms with Gasteiger partial charge in [-0.2, -0.15) is 0 Å². The molecule has 16 nitrogen and oxygen atoms in total. The van der Waals surface area contributed by atoms with Gasteiger partial charge in [0.15, 0.2) is 5.96 Å². The van der Waals surface area contributed by atoms with Crippen molar-refractivity contribution in [2.24, 2.45) is 28.1 Å². The number of nitrogens with one attached hydrogen (secondary N) is 4. The van der Waals surface area contributed by atoms with Crippen molar-refractivity contribution in [2.45, 2.75) is 70.1 Å². The van der Waals surface area contributed by atoms with E-state index in [-0.39, 0.29) is 37.7 Å². The minimum Gasteiger partial charge on any atom is -0.481 e. The van der Waals surface area contributed by atoms with Gasteiger partial charge >= 0.3 is 11.9 Å². The molecule has 0 radical (unpaired) electrons. The van der Waals surface area contributed by atoms with E-state index >= 15 is 0 Å². The van der Waals surface area contributed by atoms with Crippen molar-refractivity contribution >= 4 is 35.6 Å². The third-order valence-corrected chi connectivity index (χ3v) is 5.25. The molecule has 1 aromatic heterocycles. The second kappa shape index (κ2) is 15.8. The number of aliphatic carboxylic acids is 2. The van der Waals surface area contributed by atoms with E-state index in [0.717, 1.165) is 0 Å². The molecule has 0 fully saturated rings. The average Bonchev–Trinajstić information content (AvgIpc) is 3.32. The number of nitrogens with two attached hydrogens (primary N) is 3. The van der Waals surface area contributed by atoms with Crippen molar-refractivity contribution < 1.29 is 34.2 Å². The zero-order chi connectivity index (χ0) is 28.8. The van der Waals surface area contributed by atoms with Crippen LogP contribution >= 0.6 is 0 Å². The van der Waals surface area contributed by atoms with Crippen molar-refractivity contribution in [2.75, 3.05) is 6.54 Å². The first kappa shape index (κ1) is 31.8. The molecule has 4 atom stereocenters. The Labute approximate surface area is 219 Å². The molecule has 0 saturated heterocycles. The van der Waals surface area contributed by atoms with E-state index in [2.05, 4.69) is 30.9 Å². The predicted molar refractivity (Wildman–Crippen MR) is 135 cm³/mol. The van der Waals surface area contributed by atoms with Crippen LogP contribution in [0, 0.1) is 5.92 Å². The Kier molecular flexibility index (Phi) is 13.2. The van der Waals surface area contributed by atoms with Crippen LogP contribution in [0.4, 0.5) is 0 Å². The first-order chi connectivity index (χ1) is 17.8. The highest BCUT2D eigenvalue weighted by molar-refractivity contribution is 5.95. The van der Waals surface area contributed by atoms with Gasteiger partial charge in [-0.05, 0) is 25.2 Å². The topological polar surface area (TPSA) is 281 Å². The number of H-pyrrole nitrogens is 1. The second-order valence-electron chi connectivity index (χ2n) is 9.09. The summed E-state index contributed by atoms with van der Waals surface area (Å²) >= 11 is 0. The van der Waals surface area contributed by atoms with Crippen LogP contribution in [0.5, 0.6) is 0 Å². The maximum absolute atomic E-state index is 13.0. The minimum absolute atomic E-state index is 0.00594. The molecule has 0 aromatic carbocycles. The number of hydrogen-bond donors (Lipinski definition) is 9. The van der Waals surface area contributed by atoms with E-state index < -0.39 is 60.2 Å². The van der Waals surface area contributed by atoms with Gasteiger partial charge in [0.25, 0.3) is 0 Å². The molecule has 0 aliphatic rings. The average molecular weight is 540 g/mol.